The second-order valence-electron chi connectivity index (χ2n) is 4.77. The van der Waals surface area contributed by atoms with Gasteiger partial charge in [-0.15, -0.1) is 0 Å². The quantitative estimate of drug-likeness (QED) is 0.787. The number of carbonyl (C=O) groups excluding carboxylic acids is 1. The molecule has 1 aromatic rings. The largest absolute Gasteiger partial charge is 0.398 e. The number of aryl methyl sites for hydroxylation is 1. The molecule has 0 saturated heterocycles. The van der Waals surface area contributed by atoms with Gasteiger partial charge in [0.2, 0.25) is 0 Å². The van der Waals surface area contributed by atoms with E-state index in [-0.39, 0.29) is 11.9 Å². The smallest absolute Gasteiger partial charge is 0.253 e. The number of nitrogen functional groups attached to an aromatic ring is 1. The van der Waals surface area contributed by atoms with Crippen LogP contribution in [0.2, 0.25) is 0 Å². The Morgan fingerprint density at radius 3 is 2.59 bits per heavy atom. The number of para-hydroxylation sites is 1. The third-order valence-electron chi connectivity index (χ3n) is 3.13. The first kappa shape index (κ1) is 13.6. The number of anilines is 1. The highest BCUT2D eigenvalue weighted by Gasteiger charge is 2.17. The fourth-order valence-electron chi connectivity index (χ4n) is 1.86. The Kier molecular flexibility index (Phi) is 4.55. The molecule has 0 bridgehead atoms. The van der Waals surface area contributed by atoms with Crippen molar-refractivity contribution in [3.8, 4) is 0 Å². The van der Waals surface area contributed by atoms with Gasteiger partial charge in [-0.25, -0.2) is 0 Å². The number of hydrogen-bond acceptors (Lipinski definition) is 2. The van der Waals surface area contributed by atoms with E-state index in [0.29, 0.717) is 17.2 Å². The Morgan fingerprint density at radius 2 is 2.06 bits per heavy atom. The molecular weight excluding hydrogens is 212 g/mol. The van der Waals surface area contributed by atoms with Crippen molar-refractivity contribution >= 4 is 11.6 Å². The second kappa shape index (κ2) is 5.71. The Hall–Kier alpha value is -1.51. The third-order valence-corrected chi connectivity index (χ3v) is 3.13. The molecule has 0 saturated carbocycles. The molecule has 17 heavy (non-hydrogen) atoms. The van der Waals surface area contributed by atoms with Crippen LogP contribution in [0.15, 0.2) is 18.2 Å². The van der Waals surface area contributed by atoms with Crippen molar-refractivity contribution in [3.63, 3.8) is 0 Å². The number of benzene rings is 1. The molecule has 3 heteroatoms. The lowest BCUT2D eigenvalue weighted by molar-refractivity contribution is 0.0925. The van der Waals surface area contributed by atoms with Gasteiger partial charge >= 0.3 is 0 Å². The van der Waals surface area contributed by atoms with Gasteiger partial charge in [-0.3, -0.25) is 4.79 Å². The summed E-state index contributed by atoms with van der Waals surface area (Å²) in [5.41, 5.74) is 8.00. The zero-order valence-electron chi connectivity index (χ0n) is 11.1. The van der Waals surface area contributed by atoms with Crippen LogP contribution in [0.1, 0.15) is 43.1 Å². The molecule has 1 amide bonds. The number of nitrogens with one attached hydrogen (secondary N) is 1. The number of amides is 1. The molecule has 0 radical (unpaired) electrons. The van der Waals surface area contributed by atoms with Crippen LogP contribution < -0.4 is 11.1 Å². The van der Waals surface area contributed by atoms with Crippen LogP contribution in [0.3, 0.4) is 0 Å². The lowest BCUT2D eigenvalue weighted by atomic mass is 10.0. The van der Waals surface area contributed by atoms with E-state index in [1.54, 1.807) is 6.07 Å². The van der Waals surface area contributed by atoms with E-state index in [1.165, 1.54) is 0 Å². The van der Waals surface area contributed by atoms with Crippen LogP contribution in [0.5, 0.6) is 0 Å². The molecule has 1 unspecified atom stereocenters. The van der Waals surface area contributed by atoms with E-state index in [2.05, 4.69) is 26.1 Å². The van der Waals surface area contributed by atoms with Crippen molar-refractivity contribution in [2.75, 3.05) is 5.73 Å². The highest BCUT2D eigenvalue weighted by Crippen LogP contribution is 2.17. The fourth-order valence-corrected chi connectivity index (χ4v) is 1.86. The Balaban J connectivity index is 2.86. The summed E-state index contributed by atoms with van der Waals surface area (Å²) in [5, 5.41) is 3.03. The Labute approximate surface area is 103 Å². The number of hydrogen-bond donors (Lipinski definition) is 2. The van der Waals surface area contributed by atoms with Gasteiger partial charge in [0.05, 0.1) is 5.56 Å². The van der Waals surface area contributed by atoms with E-state index in [9.17, 15) is 4.79 Å². The first-order chi connectivity index (χ1) is 7.97. The van der Waals surface area contributed by atoms with Gasteiger partial charge in [0.1, 0.15) is 0 Å². The minimum atomic E-state index is -0.0771. The number of carbonyl (C=O) groups is 1. The maximum Gasteiger partial charge on any atom is 0.253 e. The molecule has 0 aliphatic carbocycles. The van der Waals surface area contributed by atoms with Crippen molar-refractivity contribution in [3.05, 3.63) is 29.3 Å². The van der Waals surface area contributed by atoms with Gasteiger partial charge in [-0.1, -0.05) is 32.9 Å². The molecule has 94 valence electrons. The zero-order valence-corrected chi connectivity index (χ0v) is 11.1. The van der Waals surface area contributed by atoms with Crippen LogP contribution in [-0.2, 0) is 0 Å². The molecule has 0 aromatic heterocycles. The Morgan fingerprint density at radius 1 is 1.41 bits per heavy atom. The van der Waals surface area contributed by atoms with Crippen molar-refractivity contribution in [2.45, 2.75) is 40.2 Å². The molecule has 1 aromatic carbocycles. The summed E-state index contributed by atoms with van der Waals surface area (Å²) in [6.45, 7) is 8.19. The lowest BCUT2D eigenvalue weighted by Crippen LogP contribution is -2.38. The van der Waals surface area contributed by atoms with Gasteiger partial charge in [0.25, 0.3) is 5.91 Å². The minimum Gasteiger partial charge on any atom is -0.398 e. The topological polar surface area (TPSA) is 55.1 Å². The summed E-state index contributed by atoms with van der Waals surface area (Å²) in [6.07, 6.45) is 0.926. The Bertz CT molecular complexity index is 399. The van der Waals surface area contributed by atoms with Gasteiger partial charge in [0, 0.05) is 11.7 Å². The monoisotopic (exact) mass is 234 g/mol. The highest BCUT2D eigenvalue weighted by molar-refractivity contribution is 5.99. The summed E-state index contributed by atoms with van der Waals surface area (Å²) >= 11 is 0. The molecule has 0 aliphatic heterocycles. The van der Waals surface area contributed by atoms with Crippen molar-refractivity contribution < 1.29 is 4.79 Å². The van der Waals surface area contributed by atoms with Gasteiger partial charge < -0.3 is 11.1 Å². The molecule has 3 nitrogen and oxygen atoms in total. The van der Waals surface area contributed by atoms with Crippen LogP contribution in [0.4, 0.5) is 5.69 Å². The zero-order chi connectivity index (χ0) is 13.0. The summed E-state index contributed by atoms with van der Waals surface area (Å²) in [7, 11) is 0. The van der Waals surface area contributed by atoms with Crippen LogP contribution in [-0.4, -0.2) is 11.9 Å². The van der Waals surface area contributed by atoms with Crippen molar-refractivity contribution in [1.29, 1.82) is 0 Å². The van der Waals surface area contributed by atoms with Crippen LogP contribution >= 0.6 is 0 Å². The van der Waals surface area contributed by atoms with Gasteiger partial charge in [-0.05, 0) is 30.9 Å². The average Bonchev–Trinajstić information content (AvgIpc) is 2.28. The van der Waals surface area contributed by atoms with E-state index >= 15 is 0 Å². The maximum atomic E-state index is 12.1. The molecule has 0 fully saturated rings. The van der Waals surface area contributed by atoms with Gasteiger partial charge in [0.15, 0.2) is 0 Å². The summed E-state index contributed by atoms with van der Waals surface area (Å²) < 4.78 is 0. The minimum absolute atomic E-state index is 0.0771. The molecule has 1 atom stereocenters. The van der Waals surface area contributed by atoms with Gasteiger partial charge in [-0.2, -0.15) is 0 Å². The van der Waals surface area contributed by atoms with E-state index in [4.69, 9.17) is 5.73 Å². The van der Waals surface area contributed by atoms with Crippen molar-refractivity contribution in [1.82, 2.24) is 5.32 Å². The number of rotatable bonds is 4. The number of nitrogens with two attached hydrogens (primary N) is 1. The predicted molar refractivity (Wildman–Crippen MR) is 72.0 cm³/mol. The first-order valence-corrected chi connectivity index (χ1v) is 6.13. The molecular formula is C14H22N2O. The van der Waals surface area contributed by atoms with E-state index < -0.39 is 0 Å². The third kappa shape index (κ3) is 3.22. The molecule has 0 heterocycles. The summed E-state index contributed by atoms with van der Waals surface area (Å²) in [4.78, 5) is 12.1. The SMILES string of the molecule is CCC(NC(=O)c1cccc(C)c1N)C(C)C. The van der Waals surface area contributed by atoms with Crippen LogP contribution in [0.25, 0.3) is 0 Å². The summed E-state index contributed by atoms with van der Waals surface area (Å²) in [6, 6.07) is 5.73. The lowest BCUT2D eigenvalue weighted by Gasteiger charge is -2.21. The summed E-state index contributed by atoms with van der Waals surface area (Å²) in [5.74, 6) is 0.349. The molecule has 0 aliphatic rings. The second-order valence-corrected chi connectivity index (χ2v) is 4.77. The maximum absolute atomic E-state index is 12.1. The first-order valence-electron chi connectivity index (χ1n) is 6.13. The fraction of sp³-hybridized carbons (Fsp3) is 0.500. The standard InChI is InChI=1S/C14H22N2O/c1-5-12(9(2)3)16-14(17)11-8-6-7-10(4)13(11)15/h6-9,12H,5,15H2,1-4H3,(H,16,17). The predicted octanol–water partition coefficient (Wildman–Crippen LogP) is 2.74. The molecule has 3 N–H and O–H groups in total. The highest BCUT2D eigenvalue weighted by atomic mass is 16.1. The van der Waals surface area contributed by atoms with E-state index in [1.807, 2.05) is 19.1 Å². The molecule has 0 spiro atoms. The van der Waals surface area contributed by atoms with E-state index in [0.717, 1.165) is 12.0 Å². The normalized spacial score (nSPS) is 12.5. The average molecular weight is 234 g/mol. The van der Waals surface area contributed by atoms with Crippen molar-refractivity contribution in [2.24, 2.45) is 5.92 Å². The van der Waals surface area contributed by atoms with Crippen LogP contribution in [0, 0.1) is 12.8 Å². The molecule has 1 rings (SSSR count).